The van der Waals surface area contributed by atoms with Gasteiger partial charge in [-0.25, -0.2) is 4.79 Å². The van der Waals surface area contributed by atoms with Crippen molar-refractivity contribution in [2.24, 2.45) is 0 Å². The number of ether oxygens (including phenoxy) is 1. The first-order valence-electron chi connectivity index (χ1n) is 4.09. The van der Waals surface area contributed by atoms with Crippen LogP contribution in [0.2, 0.25) is 0 Å². The van der Waals surface area contributed by atoms with E-state index < -0.39 is 12.1 Å². The third-order valence-electron chi connectivity index (χ3n) is 1.40. The first kappa shape index (κ1) is 11.9. The number of carbonyl (C=O) groups excluding carboxylic acids is 1. The van der Waals surface area contributed by atoms with E-state index in [2.05, 4.69) is 13.2 Å². The highest BCUT2D eigenvalue weighted by Gasteiger charge is 2.13. The maximum atomic E-state index is 11.0. The Morgan fingerprint density at radius 2 is 2.00 bits per heavy atom. The topological polar surface area (TPSA) is 46.5 Å². The van der Waals surface area contributed by atoms with Crippen molar-refractivity contribution >= 4 is 5.97 Å². The van der Waals surface area contributed by atoms with Crippen molar-refractivity contribution in [3.63, 3.8) is 0 Å². The molecule has 1 atom stereocenters. The van der Waals surface area contributed by atoms with Gasteiger partial charge in [-0.1, -0.05) is 12.2 Å². The molecule has 74 valence electrons. The van der Waals surface area contributed by atoms with Gasteiger partial charge in [0.1, 0.15) is 6.10 Å². The van der Waals surface area contributed by atoms with Gasteiger partial charge in [0, 0.05) is 12.0 Å². The molecule has 3 nitrogen and oxygen atoms in total. The lowest BCUT2D eigenvalue weighted by molar-refractivity contribution is -0.146. The van der Waals surface area contributed by atoms with Crippen LogP contribution in [0.15, 0.2) is 24.3 Å². The first-order chi connectivity index (χ1) is 5.97. The fraction of sp³-hybridized carbons (Fsp3) is 0.500. The molecular formula is C10H16O3. The van der Waals surface area contributed by atoms with E-state index in [1.807, 2.05) is 6.92 Å². The second kappa shape index (κ2) is 5.54. The third kappa shape index (κ3) is 5.20. The summed E-state index contributed by atoms with van der Waals surface area (Å²) in [7, 11) is 0. The molecule has 0 radical (unpaired) electrons. The van der Waals surface area contributed by atoms with Crippen LogP contribution in [0.3, 0.4) is 0 Å². The quantitative estimate of drug-likeness (QED) is 0.399. The number of aliphatic hydroxyl groups is 1. The average molecular weight is 184 g/mol. The summed E-state index contributed by atoms with van der Waals surface area (Å²) in [6, 6.07) is 0. The summed E-state index contributed by atoms with van der Waals surface area (Å²) >= 11 is 0. The molecule has 0 aliphatic heterocycles. The fourth-order valence-electron chi connectivity index (χ4n) is 0.784. The maximum absolute atomic E-state index is 11.0. The molecule has 0 saturated carbocycles. The minimum atomic E-state index is -0.498. The molecule has 0 aliphatic carbocycles. The number of esters is 1. The average Bonchev–Trinajstić information content (AvgIpc) is 2.02. The van der Waals surface area contributed by atoms with E-state index in [0.29, 0.717) is 12.0 Å². The van der Waals surface area contributed by atoms with E-state index >= 15 is 0 Å². The van der Waals surface area contributed by atoms with Crippen LogP contribution in [-0.2, 0) is 9.53 Å². The number of aliphatic hydroxyl groups excluding tert-OH is 1. The smallest absolute Gasteiger partial charge is 0.333 e. The van der Waals surface area contributed by atoms with E-state index in [-0.39, 0.29) is 6.61 Å². The highest BCUT2D eigenvalue weighted by Crippen LogP contribution is 2.07. The summed E-state index contributed by atoms with van der Waals surface area (Å²) < 4.78 is 4.92. The van der Waals surface area contributed by atoms with Crippen LogP contribution < -0.4 is 0 Å². The Bertz CT molecular complexity index is 218. The Kier molecular flexibility index (Phi) is 5.07. The summed E-state index contributed by atoms with van der Waals surface area (Å²) in [4.78, 5) is 11.0. The lowest BCUT2D eigenvalue weighted by atomic mass is 10.1. The standard InChI is InChI=1S/C10H16O3/c1-7(2)5-9(6-11)13-10(12)8(3)4/h9,11H,1,3,5-6H2,2,4H3. The summed E-state index contributed by atoms with van der Waals surface area (Å²) in [6.45, 7) is 10.3. The zero-order valence-electron chi connectivity index (χ0n) is 8.17. The van der Waals surface area contributed by atoms with E-state index in [4.69, 9.17) is 9.84 Å². The first-order valence-corrected chi connectivity index (χ1v) is 4.09. The van der Waals surface area contributed by atoms with Crippen molar-refractivity contribution in [1.29, 1.82) is 0 Å². The Labute approximate surface area is 78.7 Å². The van der Waals surface area contributed by atoms with Crippen molar-refractivity contribution < 1.29 is 14.6 Å². The fourth-order valence-corrected chi connectivity index (χ4v) is 0.784. The highest BCUT2D eigenvalue weighted by molar-refractivity contribution is 5.87. The van der Waals surface area contributed by atoms with Gasteiger partial charge in [0.2, 0.25) is 0 Å². The predicted molar refractivity (Wildman–Crippen MR) is 51.2 cm³/mol. The SMILES string of the molecule is C=C(C)CC(CO)OC(=O)C(=C)C. The molecule has 0 saturated heterocycles. The zero-order chi connectivity index (χ0) is 10.4. The van der Waals surface area contributed by atoms with Gasteiger partial charge in [-0.15, -0.1) is 6.58 Å². The van der Waals surface area contributed by atoms with Gasteiger partial charge in [-0.3, -0.25) is 0 Å². The molecule has 13 heavy (non-hydrogen) atoms. The summed E-state index contributed by atoms with van der Waals surface area (Å²) in [5.74, 6) is -0.472. The molecule has 0 rings (SSSR count). The van der Waals surface area contributed by atoms with Gasteiger partial charge >= 0.3 is 5.97 Å². The van der Waals surface area contributed by atoms with E-state index in [9.17, 15) is 4.79 Å². The Hall–Kier alpha value is -1.09. The molecule has 0 amide bonds. The molecule has 0 bridgehead atoms. The van der Waals surface area contributed by atoms with Crippen molar-refractivity contribution in [3.8, 4) is 0 Å². The van der Waals surface area contributed by atoms with Gasteiger partial charge in [-0.05, 0) is 13.8 Å². The van der Waals surface area contributed by atoms with Gasteiger partial charge in [0.05, 0.1) is 6.61 Å². The molecule has 0 heterocycles. The summed E-state index contributed by atoms with van der Waals surface area (Å²) in [5.41, 5.74) is 1.20. The minimum absolute atomic E-state index is 0.189. The van der Waals surface area contributed by atoms with Gasteiger partial charge in [0.15, 0.2) is 0 Å². The molecule has 0 aliphatic rings. The molecule has 0 aromatic carbocycles. The number of hydrogen-bond acceptors (Lipinski definition) is 3. The van der Waals surface area contributed by atoms with Crippen molar-refractivity contribution in [2.75, 3.05) is 6.61 Å². The van der Waals surface area contributed by atoms with Crippen LogP contribution in [-0.4, -0.2) is 23.8 Å². The van der Waals surface area contributed by atoms with Gasteiger partial charge < -0.3 is 9.84 Å². The van der Waals surface area contributed by atoms with Crippen molar-refractivity contribution in [2.45, 2.75) is 26.4 Å². The minimum Gasteiger partial charge on any atom is -0.456 e. The van der Waals surface area contributed by atoms with E-state index in [0.717, 1.165) is 5.57 Å². The van der Waals surface area contributed by atoms with Gasteiger partial charge in [0.25, 0.3) is 0 Å². The van der Waals surface area contributed by atoms with Crippen LogP contribution >= 0.6 is 0 Å². The lowest BCUT2D eigenvalue weighted by Gasteiger charge is -2.15. The van der Waals surface area contributed by atoms with Crippen LogP contribution in [0.1, 0.15) is 20.3 Å². The number of carbonyl (C=O) groups is 1. The molecule has 3 heteroatoms. The normalized spacial score (nSPS) is 11.9. The zero-order valence-corrected chi connectivity index (χ0v) is 8.17. The van der Waals surface area contributed by atoms with Crippen LogP contribution in [0.4, 0.5) is 0 Å². The Balaban J connectivity index is 4.05. The molecule has 1 N–H and O–H groups in total. The molecular weight excluding hydrogens is 168 g/mol. The molecule has 1 unspecified atom stereocenters. The third-order valence-corrected chi connectivity index (χ3v) is 1.40. The second-order valence-corrected chi connectivity index (χ2v) is 3.15. The monoisotopic (exact) mass is 184 g/mol. The molecule has 0 aromatic rings. The van der Waals surface area contributed by atoms with Gasteiger partial charge in [-0.2, -0.15) is 0 Å². The highest BCUT2D eigenvalue weighted by atomic mass is 16.6. The number of hydrogen-bond donors (Lipinski definition) is 1. The number of rotatable bonds is 5. The largest absolute Gasteiger partial charge is 0.456 e. The summed E-state index contributed by atoms with van der Waals surface area (Å²) in [6.07, 6.45) is -0.0168. The lowest BCUT2D eigenvalue weighted by Crippen LogP contribution is -2.22. The maximum Gasteiger partial charge on any atom is 0.333 e. The van der Waals surface area contributed by atoms with Crippen molar-refractivity contribution in [1.82, 2.24) is 0 Å². The van der Waals surface area contributed by atoms with Crippen LogP contribution in [0.5, 0.6) is 0 Å². The Morgan fingerprint density at radius 1 is 1.46 bits per heavy atom. The van der Waals surface area contributed by atoms with Crippen LogP contribution in [0, 0.1) is 0 Å². The molecule has 0 spiro atoms. The van der Waals surface area contributed by atoms with Crippen molar-refractivity contribution in [3.05, 3.63) is 24.3 Å². The second-order valence-electron chi connectivity index (χ2n) is 3.15. The predicted octanol–water partition coefficient (Wildman–Crippen LogP) is 1.43. The molecule has 0 aromatic heterocycles. The molecule has 0 fully saturated rings. The van der Waals surface area contributed by atoms with Crippen LogP contribution in [0.25, 0.3) is 0 Å². The van der Waals surface area contributed by atoms with E-state index in [1.165, 1.54) is 0 Å². The Morgan fingerprint density at radius 3 is 2.31 bits per heavy atom. The van der Waals surface area contributed by atoms with E-state index in [1.54, 1.807) is 6.92 Å². The summed E-state index contributed by atoms with van der Waals surface area (Å²) in [5, 5.41) is 8.86.